The van der Waals surface area contributed by atoms with Crippen LogP contribution in [0.15, 0.2) is 106 Å². The van der Waals surface area contributed by atoms with Gasteiger partial charge in [0, 0.05) is 61.9 Å². The molecule has 15 heteroatoms. The maximum absolute atomic E-state index is 16.1. The smallest absolute Gasteiger partial charge is 0.350 e. The predicted octanol–water partition coefficient (Wildman–Crippen LogP) is 6.70. The van der Waals surface area contributed by atoms with Gasteiger partial charge in [0.2, 0.25) is 5.78 Å². The quantitative estimate of drug-likeness (QED) is 0.0461. The number of guanidine groups is 1. The van der Waals surface area contributed by atoms with Gasteiger partial charge in [-0.3, -0.25) is 14.6 Å². The number of aliphatic hydroxyl groups excluding tert-OH is 1. The summed E-state index contributed by atoms with van der Waals surface area (Å²) >= 11 is 0. The monoisotopic (exact) mass is 1050 g/mol. The number of nitrogens with zero attached hydrogens (tertiary/aromatic N) is 1. The molecule has 15 nitrogen and oxygen atoms in total. The van der Waals surface area contributed by atoms with Crippen LogP contribution in [0.4, 0.5) is 0 Å². The van der Waals surface area contributed by atoms with Gasteiger partial charge < -0.3 is 57.5 Å². The molecule has 0 amide bonds. The molecule has 414 valence electrons. The number of carbonyl (C=O) groups excluding carboxylic acids is 3. The molecular weight excluding hydrogens is 967 g/mol. The number of rotatable bonds is 12. The molecule has 1 aromatic rings. The Hall–Kier alpha value is -5.32. The molecule has 4 aliphatic carbocycles. The zero-order valence-electron chi connectivity index (χ0n) is 46.3. The number of nitrogens with one attached hydrogen (secondary N) is 7. The minimum absolute atomic E-state index is 0.0101. The van der Waals surface area contributed by atoms with Gasteiger partial charge in [0.05, 0.1) is 17.9 Å². The Bertz CT molecular complexity index is 2780. The van der Waals surface area contributed by atoms with E-state index in [4.69, 9.17) is 15.2 Å². The van der Waals surface area contributed by atoms with Crippen LogP contribution in [-0.4, -0.2) is 110 Å². The van der Waals surface area contributed by atoms with Crippen LogP contribution in [0, 0.1) is 29.1 Å². The molecule has 12 unspecified atom stereocenters. The van der Waals surface area contributed by atoms with Crippen LogP contribution in [-0.2, 0) is 20.7 Å². The van der Waals surface area contributed by atoms with Crippen LogP contribution in [0.1, 0.15) is 150 Å². The number of hydrogen-bond donors (Lipinski definition) is 9. The van der Waals surface area contributed by atoms with Crippen molar-refractivity contribution in [3.63, 3.8) is 0 Å². The van der Waals surface area contributed by atoms with Gasteiger partial charge in [-0.15, -0.1) is 0 Å². The van der Waals surface area contributed by atoms with Gasteiger partial charge in [-0.2, -0.15) is 0 Å². The van der Waals surface area contributed by atoms with Crippen molar-refractivity contribution in [3.05, 3.63) is 117 Å². The van der Waals surface area contributed by atoms with Crippen molar-refractivity contribution in [1.29, 1.82) is 0 Å². The fourth-order valence-electron chi connectivity index (χ4n) is 15.9. The summed E-state index contributed by atoms with van der Waals surface area (Å²) in [6, 6.07) is 5.62. The van der Waals surface area contributed by atoms with Crippen molar-refractivity contribution < 1.29 is 29.0 Å². The Labute approximate surface area is 456 Å². The van der Waals surface area contributed by atoms with Crippen molar-refractivity contribution in [2.24, 2.45) is 39.8 Å². The molecule has 2 saturated heterocycles. The normalized spacial score (nSPS) is 38.1. The van der Waals surface area contributed by atoms with E-state index in [1.165, 1.54) is 16.7 Å². The fraction of sp³-hybridized carbons (Fsp3) is 0.613. The number of dihydropyridines is 2. The number of hydrogen-bond acceptors (Lipinski definition) is 13. The first-order valence-corrected chi connectivity index (χ1v) is 29.3. The van der Waals surface area contributed by atoms with Gasteiger partial charge >= 0.3 is 5.97 Å². The van der Waals surface area contributed by atoms with Gasteiger partial charge in [-0.05, 0) is 168 Å². The van der Waals surface area contributed by atoms with E-state index in [1.807, 2.05) is 37.5 Å². The van der Waals surface area contributed by atoms with Crippen molar-refractivity contribution in [3.8, 4) is 0 Å². The number of allylic oxidation sites excluding steroid dienone is 5. The SMILES string of the molecule is CCNC12C=C3C=CCC4CCCCC(C)(CC5=CNC(N)C=C5)Cc5cccc6c5C(=O)C5(OC5(CC=C(C)CC5(C7=CCNC8=C7CCC(NC)N8)CCCNC(=NC)N5)C6=O)C(=O)OC(C(CCO)CC1)C2CC34. The molecule has 0 radical (unpaired) electrons. The Kier molecular flexibility index (Phi) is 14.9. The summed E-state index contributed by atoms with van der Waals surface area (Å²) in [7, 11) is 3.78. The van der Waals surface area contributed by atoms with Crippen LogP contribution in [0.3, 0.4) is 0 Å². The van der Waals surface area contributed by atoms with Crippen molar-refractivity contribution in [2.45, 2.75) is 171 Å². The second kappa shape index (κ2) is 21.4. The van der Waals surface area contributed by atoms with Gasteiger partial charge in [-0.1, -0.05) is 86.9 Å². The molecule has 10 N–H and O–H groups in total. The number of nitrogens with two attached hydrogens (primary N) is 1. The predicted molar refractivity (Wildman–Crippen MR) is 300 cm³/mol. The van der Waals surface area contributed by atoms with Crippen LogP contribution in [0.2, 0.25) is 0 Å². The molecule has 77 heavy (non-hydrogen) atoms. The molecular formula is C62H85N9O6. The summed E-state index contributed by atoms with van der Waals surface area (Å²) in [6.45, 7) is 8.64. The van der Waals surface area contributed by atoms with E-state index in [1.54, 1.807) is 13.1 Å². The minimum atomic E-state index is -2.20. The molecule has 1 aromatic carbocycles. The zero-order valence-corrected chi connectivity index (χ0v) is 46.3. The summed E-state index contributed by atoms with van der Waals surface area (Å²) in [5.74, 6) is 0.562. The summed E-state index contributed by atoms with van der Waals surface area (Å²) in [5.41, 5.74) is 8.14. The van der Waals surface area contributed by atoms with Crippen molar-refractivity contribution in [2.75, 3.05) is 40.3 Å². The first-order chi connectivity index (χ1) is 37.2. The second-order valence-corrected chi connectivity index (χ2v) is 24.6. The Morgan fingerprint density at radius 1 is 1.05 bits per heavy atom. The van der Waals surface area contributed by atoms with E-state index in [-0.39, 0.29) is 59.9 Å². The highest BCUT2D eigenvalue weighted by molar-refractivity contribution is 6.33. The van der Waals surface area contributed by atoms with Gasteiger partial charge in [0.15, 0.2) is 17.3 Å². The van der Waals surface area contributed by atoms with Crippen LogP contribution in [0.25, 0.3) is 0 Å². The third-order valence-electron chi connectivity index (χ3n) is 19.7. The van der Waals surface area contributed by atoms with Crippen LogP contribution >= 0.6 is 0 Å². The third kappa shape index (κ3) is 9.57. The van der Waals surface area contributed by atoms with E-state index in [2.05, 4.69) is 93.4 Å². The summed E-state index contributed by atoms with van der Waals surface area (Å²) < 4.78 is 13.9. The van der Waals surface area contributed by atoms with Crippen LogP contribution in [0.5, 0.6) is 0 Å². The number of ketones is 2. The highest BCUT2D eigenvalue weighted by Crippen LogP contribution is 2.61. The second-order valence-electron chi connectivity index (χ2n) is 24.6. The maximum atomic E-state index is 16.1. The Morgan fingerprint density at radius 2 is 1.92 bits per heavy atom. The molecule has 11 rings (SSSR count). The number of aliphatic imine (C=N–C) groups is 1. The molecule has 12 atom stereocenters. The standard InChI is InChI=1S/C62H85N9O6/c1-6-69-59-27-22-41(24-31-72)52-48(59)32-46-40(13-9-14-42(46)36-59)12-7-8-25-58(3,34-39-17-19-49(63)68-37-39)35-43-15-10-16-45-51(43)54(74)62(56(75)76-52)61(77-62,53(45)73)28-21-38(2)33-60(26-11-29-67-57(65-5)71-60)47-23-30-66-55-44(47)18-20-50(64-4)70-55/h9-10,14-17,19,21,23,36-37,40-41,46,48-50,52,64,66,68-70,72H,6-8,11-13,18,20,22,24-35,63H2,1-5H3,(H2,65,67,71). The average Bonchev–Trinajstić information content (AvgIpc) is 2.79. The fourth-order valence-corrected chi connectivity index (χ4v) is 15.9. The van der Waals surface area contributed by atoms with E-state index < -0.39 is 40.1 Å². The zero-order chi connectivity index (χ0) is 53.7. The average molecular weight is 1050 g/mol. The number of Topliss-reactive ketones (excluding diaryl/α,β-unsaturated/α-hetero) is 2. The van der Waals surface area contributed by atoms with E-state index in [0.717, 1.165) is 125 Å². The highest BCUT2D eigenvalue weighted by atomic mass is 16.7. The number of carbonyl (C=O) groups is 3. The number of benzene rings is 1. The van der Waals surface area contributed by atoms with E-state index in [9.17, 15) is 5.11 Å². The number of esters is 1. The summed E-state index contributed by atoms with van der Waals surface area (Å²) in [4.78, 5) is 52.6. The van der Waals surface area contributed by atoms with Crippen molar-refractivity contribution in [1.82, 2.24) is 37.2 Å². The van der Waals surface area contributed by atoms with Crippen molar-refractivity contribution >= 4 is 23.5 Å². The number of aliphatic hydroxyl groups is 1. The molecule has 4 bridgehead atoms. The van der Waals surface area contributed by atoms with Gasteiger partial charge in [-0.25, -0.2) is 4.79 Å². The van der Waals surface area contributed by atoms with Gasteiger partial charge in [0.1, 0.15) is 11.9 Å². The summed E-state index contributed by atoms with van der Waals surface area (Å²) in [6.07, 6.45) is 30.1. The lowest BCUT2D eigenvalue weighted by molar-refractivity contribution is -0.167. The summed E-state index contributed by atoms with van der Waals surface area (Å²) in [5, 5.41) is 35.9. The Morgan fingerprint density at radius 3 is 2.71 bits per heavy atom. The first kappa shape index (κ1) is 53.7. The largest absolute Gasteiger partial charge is 0.459 e. The molecule has 0 aromatic heterocycles. The minimum Gasteiger partial charge on any atom is -0.459 e. The highest BCUT2D eigenvalue weighted by Gasteiger charge is 2.85. The topological polar surface area (TPSA) is 216 Å². The number of likely N-dealkylation sites (N-methyl/N-ethyl adjacent to an activating group) is 1. The lowest BCUT2D eigenvalue weighted by atomic mass is 9.56. The van der Waals surface area contributed by atoms with E-state index in [0.29, 0.717) is 37.3 Å². The number of ether oxygens (including phenoxy) is 2. The maximum Gasteiger partial charge on any atom is 0.350 e. The van der Waals surface area contributed by atoms with E-state index >= 15 is 14.4 Å². The lowest BCUT2D eigenvalue weighted by Crippen LogP contribution is -2.62. The number of epoxide rings is 1. The lowest BCUT2D eigenvalue weighted by Gasteiger charge is -2.55. The molecule has 6 aliphatic heterocycles. The Balaban J connectivity index is 1.01. The molecule has 3 fully saturated rings. The molecule has 10 aliphatic rings. The third-order valence-corrected chi connectivity index (χ3v) is 19.7. The molecule has 1 spiro atoms. The molecule has 1 saturated carbocycles. The first-order valence-electron chi connectivity index (χ1n) is 29.3. The van der Waals surface area contributed by atoms with Gasteiger partial charge in [0.25, 0.3) is 5.60 Å². The molecule has 6 heterocycles. The van der Waals surface area contributed by atoms with Crippen LogP contribution < -0.4 is 43.0 Å².